The summed E-state index contributed by atoms with van der Waals surface area (Å²) in [5.74, 6) is 2.25. The molecule has 8 heteroatoms. The highest BCUT2D eigenvalue weighted by Gasteiger charge is 2.32. The molecule has 29 heavy (non-hydrogen) atoms. The molecule has 1 aromatic carbocycles. The van der Waals surface area contributed by atoms with Gasteiger partial charge in [-0.3, -0.25) is 4.99 Å². The van der Waals surface area contributed by atoms with Crippen molar-refractivity contribution in [2.45, 2.75) is 38.5 Å². The number of aromatic nitrogens is 1. The number of aryl methyl sites for hydroxylation is 1. The summed E-state index contributed by atoms with van der Waals surface area (Å²) < 4.78 is 17.6. The van der Waals surface area contributed by atoms with E-state index in [4.69, 9.17) is 13.9 Å². The average molecular weight is 512 g/mol. The highest BCUT2D eigenvalue weighted by atomic mass is 127. The summed E-state index contributed by atoms with van der Waals surface area (Å²) in [5.41, 5.74) is 2.25. The van der Waals surface area contributed by atoms with Gasteiger partial charge in [0.1, 0.15) is 6.10 Å². The summed E-state index contributed by atoms with van der Waals surface area (Å²) >= 11 is 0. The maximum atomic E-state index is 5.93. The number of nitrogens with zero attached hydrogens (tertiary/aromatic N) is 3. The second-order valence-corrected chi connectivity index (χ2v) is 7.29. The van der Waals surface area contributed by atoms with Crippen LogP contribution in [0.3, 0.4) is 0 Å². The zero-order valence-corrected chi connectivity index (χ0v) is 19.3. The lowest BCUT2D eigenvalue weighted by Gasteiger charge is -2.37. The standard InChI is InChI=1S/C21H28N4O3.HI/c1-15-5-7-16(8-6-15)18-12-23-20(28-18)13-24-21(22-2)25-9-11-27-19(14-25)17-4-3-10-26-17;/h5-8,12,17,19H,3-4,9-11,13-14H2,1-2H3,(H,22,24);1H. The highest BCUT2D eigenvalue weighted by Crippen LogP contribution is 2.22. The van der Waals surface area contributed by atoms with Gasteiger partial charge in [-0.05, 0) is 19.8 Å². The van der Waals surface area contributed by atoms with Crippen molar-refractivity contribution < 1.29 is 13.9 Å². The van der Waals surface area contributed by atoms with E-state index in [0.29, 0.717) is 19.0 Å². The van der Waals surface area contributed by atoms with Crippen molar-refractivity contribution in [1.82, 2.24) is 15.2 Å². The molecule has 7 nitrogen and oxygen atoms in total. The predicted octanol–water partition coefficient (Wildman–Crippen LogP) is 3.22. The number of aliphatic imine (C=N–C) groups is 1. The topological polar surface area (TPSA) is 72.1 Å². The van der Waals surface area contributed by atoms with E-state index in [1.807, 2.05) is 12.1 Å². The Bertz CT molecular complexity index is 803. The van der Waals surface area contributed by atoms with Crippen LogP contribution in [0.5, 0.6) is 0 Å². The van der Waals surface area contributed by atoms with E-state index in [1.165, 1.54) is 5.56 Å². The van der Waals surface area contributed by atoms with E-state index < -0.39 is 0 Å². The third-order valence-electron chi connectivity index (χ3n) is 5.27. The van der Waals surface area contributed by atoms with Crippen LogP contribution in [0, 0.1) is 6.92 Å². The quantitative estimate of drug-likeness (QED) is 0.386. The molecule has 2 aliphatic heterocycles. The summed E-state index contributed by atoms with van der Waals surface area (Å²) in [6, 6.07) is 8.23. The van der Waals surface area contributed by atoms with Crippen molar-refractivity contribution >= 4 is 29.9 Å². The van der Waals surface area contributed by atoms with Crippen molar-refractivity contribution in [1.29, 1.82) is 0 Å². The number of hydrogen-bond acceptors (Lipinski definition) is 5. The highest BCUT2D eigenvalue weighted by molar-refractivity contribution is 14.0. The number of nitrogens with one attached hydrogen (secondary N) is 1. The summed E-state index contributed by atoms with van der Waals surface area (Å²) in [4.78, 5) is 11.0. The fraction of sp³-hybridized carbons (Fsp3) is 0.524. The second-order valence-electron chi connectivity index (χ2n) is 7.29. The van der Waals surface area contributed by atoms with Crippen molar-refractivity contribution in [3.05, 3.63) is 41.9 Å². The average Bonchev–Trinajstić information content (AvgIpc) is 3.42. The third kappa shape index (κ3) is 5.49. The minimum absolute atomic E-state index is 0. The van der Waals surface area contributed by atoms with E-state index in [9.17, 15) is 0 Å². The first kappa shape index (κ1) is 22.0. The van der Waals surface area contributed by atoms with E-state index in [1.54, 1.807) is 13.2 Å². The third-order valence-corrected chi connectivity index (χ3v) is 5.27. The molecule has 0 saturated carbocycles. The number of rotatable bonds is 4. The van der Waals surface area contributed by atoms with Gasteiger partial charge >= 0.3 is 0 Å². The van der Waals surface area contributed by atoms with Crippen molar-refractivity contribution in [2.24, 2.45) is 4.99 Å². The second kappa shape index (κ2) is 10.4. The molecule has 0 aliphatic carbocycles. The predicted molar refractivity (Wildman–Crippen MR) is 123 cm³/mol. The lowest BCUT2D eigenvalue weighted by molar-refractivity contribution is -0.0817. The van der Waals surface area contributed by atoms with Gasteiger partial charge in [0.25, 0.3) is 0 Å². The molecule has 3 heterocycles. The molecule has 2 unspecified atom stereocenters. The van der Waals surface area contributed by atoms with Crippen LogP contribution in [0.25, 0.3) is 11.3 Å². The van der Waals surface area contributed by atoms with Crippen LogP contribution in [-0.2, 0) is 16.0 Å². The number of guanidine groups is 1. The van der Waals surface area contributed by atoms with Gasteiger partial charge in [-0.1, -0.05) is 29.8 Å². The molecule has 158 valence electrons. The van der Waals surface area contributed by atoms with Crippen molar-refractivity contribution in [3.8, 4) is 11.3 Å². The van der Waals surface area contributed by atoms with Crippen molar-refractivity contribution in [3.63, 3.8) is 0 Å². The van der Waals surface area contributed by atoms with Gasteiger partial charge in [-0.15, -0.1) is 24.0 Å². The molecule has 1 aromatic heterocycles. The van der Waals surface area contributed by atoms with Gasteiger partial charge < -0.3 is 24.1 Å². The lowest BCUT2D eigenvalue weighted by atomic mass is 10.1. The smallest absolute Gasteiger partial charge is 0.214 e. The maximum absolute atomic E-state index is 5.93. The molecule has 2 atom stereocenters. The minimum atomic E-state index is 0. The first-order chi connectivity index (χ1) is 13.7. The summed E-state index contributed by atoms with van der Waals surface area (Å²) in [6.07, 6.45) is 4.26. The molecular formula is C21H29IN4O3. The first-order valence-corrected chi connectivity index (χ1v) is 9.93. The van der Waals surface area contributed by atoms with Crippen LogP contribution in [0.15, 0.2) is 39.9 Å². The number of ether oxygens (including phenoxy) is 2. The van der Waals surface area contributed by atoms with Crippen LogP contribution in [-0.4, -0.2) is 61.4 Å². The van der Waals surface area contributed by atoms with Crippen LogP contribution in [0.4, 0.5) is 0 Å². The number of hydrogen-bond donors (Lipinski definition) is 1. The number of oxazole rings is 1. The summed E-state index contributed by atoms with van der Waals surface area (Å²) in [7, 11) is 1.80. The molecule has 0 radical (unpaired) electrons. The molecule has 0 spiro atoms. The Morgan fingerprint density at radius 3 is 2.72 bits per heavy atom. The first-order valence-electron chi connectivity index (χ1n) is 9.93. The van der Waals surface area contributed by atoms with E-state index in [-0.39, 0.29) is 36.2 Å². The Morgan fingerprint density at radius 1 is 1.21 bits per heavy atom. The normalized spacial score (nSPS) is 22.4. The summed E-state index contributed by atoms with van der Waals surface area (Å²) in [5, 5.41) is 3.36. The van der Waals surface area contributed by atoms with Gasteiger partial charge in [-0.2, -0.15) is 0 Å². The molecule has 0 amide bonds. The van der Waals surface area contributed by atoms with Crippen LogP contribution >= 0.6 is 24.0 Å². The fourth-order valence-corrected chi connectivity index (χ4v) is 3.72. The molecule has 1 N–H and O–H groups in total. The maximum Gasteiger partial charge on any atom is 0.214 e. The summed E-state index contributed by atoms with van der Waals surface area (Å²) in [6.45, 7) is 5.67. The van der Waals surface area contributed by atoms with E-state index in [0.717, 1.165) is 49.8 Å². The monoisotopic (exact) mass is 512 g/mol. The van der Waals surface area contributed by atoms with Gasteiger partial charge in [0.15, 0.2) is 11.7 Å². The molecule has 2 fully saturated rings. The molecule has 0 bridgehead atoms. The Balaban J connectivity index is 0.00000240. The van der Waals surface area contributed by atoms with Crippen LogP contribution in [0.1, 0.15) is 24.3 Å². The minimum Gasteiger partial charge on any atom is -0.439 e. The molecule has 4 rings (SSSR count). The Hall–Kier alpha value is -1.65. The molecular weight excluding hydrogens is 483 g/mol. The Labute approximate surface area is 188 Å². The molecule has 2 saturated heterocycles. The SMILES string of the molecule is CN=C(NCc1ncc(-c2ccc(C)cc2)o1)N1CCOC(C2CCCO2)C1.I. The zero-order chi connectivity index (χ0) is 19.3. The molecule has 2 aromatic rings. The van der Waals surface area contributed by atoms with Crippen LogP contribution in [0.2, 0.25) is 0 Å². The number of benzene rings is 1. The van der Waals surface area contributed by atoms with Gasteiger partial charge in [-0.25, -0.2) is 4.98 Å². The number of morpholine rings is 1. The molecule has 2 aliphatic rings. The Morgan fingerprint density at radius 2 is 2.00 bits per heavy atom. The Kier molecular flexibility index (Phi) is 7.91. The van der Waals surface area contributed by atoms with Gasteiger partial charge in [0.05, 0.1) is 25.5 Å². The zero-order valence-electron chi connectivity index (χ0n) is 17.0. The van der Waals surface area contributed by atoms with Gasteiger partial charge in [0.2, 0.25) is 5.89 Å². The van der Waals surface area contributed by atoms with Gasteiger partial charge in [0, 0.05) is 32.3 Å². The van der Waals surface area contributed by atoms with E-state index >= 15 is 0 Å². The van der Waals surface area contributed by atoms with Crippen LogP contribution < -0.4 is 5.32 Å². The van der Waals surface area contributed by atoms with Crippen molar-refractivity contribution in [2.75, 3.05) is 33.4 Å². The lowest BCUT2D eigenvalue weighted by Crippen LogP contribution is -2.53. The number of halogens is 1. The fourth-order valence-electron chi connectivity index (χ4n) is 3.72. The largest absolute Gasteiger partial charge is 0.439 e. The van der Waals surface area contributed by atoms with E-state index in [2.05, 4.69) is 39.2 Å².